The molecule has 0 saturated heterocycles. The van der Waals surface area contributed by atoms with Gasteiger partial charge in [-0.1, -0.05) is 12.0 Å². The van der Waals surface area contributed by atoms with Crippen LogP contribution in [-0.2, 0) is 6.54 Å². The van der Waals surface area contributed by atoms with E-state index in [2.05, 4.69) is 27.2 Å². The predicted octanol–water partition coefficient (Wildman–Crippen LogP) is 3.36. The number of aromatic nitrogens is 2. The number of rotatable bonds is 5. The largest absolute Gasteiger partial charge is 0.350 e. The first-order valence-corrected chi connectivity index (χ1v) is 9.48. The Morgan fingerprint density at radius 2 is 1.93 bits per heavy atom. The van der Waals surface area contributed by atoms with Crippen molar-refractivity contribution in [3.05, 3.63) is 69.8 Å². The average Bonchev–Trinajstić information content (AvgIpc) is 2.67. The standard InChI is InChI=1S/C23H24N4O2/c1-5-12-27(19-9-7-18(8-10-19)22(28)24-15(2)3)14-17-6-11-21-20(13-17)23(29)26-16(4)25-21/h6-11,13,15H,14H2,1-4H3,(H,24,28)(H,25,26,29). The first-order chi connectivity index (χ1) is 13.9. The number of nitrogens with zero attached hydrogens (tertiary/aromatic N) is 2. The van der Waals surface area contributed by atoms with Gasteiger partial charge in [-0.15, -0.1) is 0 Å². The minimum absolute atomic E-state index is 0.0824. The van der Waals surface area contributed by atoms with Crippen LogP contribution in [0.3, 0.4) is 0 Å². The first kappa shape index (κ1) is 20.2. The van der Waals surface area contributed by atoms with Gasteiger partial charge in [-0.3, -0.25) is 14.5 Å². The summed E-state index contributed by atoms with van der Waals surface area (Å²) in [5, 5.41) is 3.43. The van der Waals surface area contributed by atoms with Crippen molar-refractivity contribution in [1.82, 2.24) is 15.3 Å². The monoisotopic (exact) mass is 388 g/mol. The van der Waals surface area contributed by atoms with E-state index in [1.54, 1.807) is 26.0 Å². The summed E-state index contributed by atoms with van der Waals surface area (Å²) in [6, 6.07) is 16.1. The number of hydrogen-bond acceptors (Lipinski definition) is 4. The van der Waals surface area contributed by atoms with E-state index in [1.807, 2.05) is 49.1 Å². The molecule has 3 aromatic rings. The number of aromatic amines is 1. The SMILES string of the molecule is CC#CN(Cc1ccc2nc(C)[nH]c(=O)c2c1)c1ccc(C(=O)NC(C)C)cc1. The number of anilines is 1. The number of aryl methyl sites for hydroxylation is 1. The van der Waals surface area contributed by atoms with Crippen molar-refractivity contribution < 1.29 is 4.79 Å². The van der Waals surface area contributed by atoms with Gasteiger partial charge in [-0.25, -0.2) is 4.98 Å². The smallest absolute Gasteiger partial charge is 0.258 e. The Kier molecular flexibility index (Phi) is 5.99. The summed E-state index contributed by atoms with van der Waals surface area (Å²) in [5.74, 6) is 3.41. The zero-order valence-corrected chi connectivity index (χ0v) is 17.0. The second kappa shape index (κ2) is 8.61. The molecule has 0 aliphatic carbocycles. The molecule has 0 atom stereocenters. The van der Waals surface area contributed by atoms with E-state index in [9.17, 15) is 9.59 Å². The van der Waals surface area contributed by atoms with E-state index in [4.69, 9.17) is 0 Å². The zero-order valence-electron chi connectivity index (χ0n) is 17.0. The Labute approximate surface area is 170 Å². The molecule has 148 valence electrons. The lowest BCUT2D eigenvalue weighted by Gasteiger charge is -2.19. The lowest BCUT2D eigenvalue weighted by molar-refractivity contribution is 0.0943. The topological polar surface area (TPSA) is 78.1 Å². The molecule has 2 N–H and O–H groups in total. The van der Waals surface area contributed by atoms with Crippen molar-refractivity contribution in [3.63, 3.8) is 0 Å². The molecule has 1 aromatic heterocycles. The van der Waals surface area contributed by atoms with Crippen LogP contribution in [0.5, 0.6) is 0 Å². The van der Waals surface area contributed by atoms with Crippen molar-refractivity contribution in [2.24, 2.45) is 0 Å². The highest BCUT2D eigenvalue weighted by Crippen LogP contribution is 2.19. The van der Waals surface area contributed by atoms with Crippen LogP contribution in [0.15, 0.2) is 47.3 Å². The second-order valence-corrected chi connectivity index (χ2v) is 7.13. The minimum Gasteiger partial charge on any atom is -0.350 e. The van der Waals surface area contributed by atoms with Crippen molar-refractivity contribution in [2.45, 2.75) is 40.3 Å². The molecular formula is C23H24N4O2. The zero-order chi connectivity index (χ0) is 21.0. The third kappa shape index (κ3) is 4.82. The molecule has 0 aliphatic heterocycles. The number of carbonyl (C=O) groups is 1. The fraction of sp³-hybridized carbons (Fsp3) is 0.261. The second-order valence-electron chi connectivity index (χ2n) is 7.13. The maximum atomic E-state index is 12.2. The molecule has 0 aliphatic rings. The lowest BCUT2D eigenvalue weighted by atomic mass is 10.1. The number of carbonyl (C=O) groups excluding carboxylic acids is 1. The van der Waals surface area contributed by atoms with Crippen LogP contribution < -0.4 is 15.8 Å². The molecular weight excluding hydrogens is 364 g/mol. The van der Waals surface area contributed by atoms with Crippen LogP contribution in [-0.4, -0.2) is 21.9 Å². The van der Waals surface area contributed by atoms with Crippen LogP contribution in [0, 0.1) is 18.9 Å². The Hall–Kier alpha value is -3.59. The van der Waals surface area contributed by atoms with Crippen LogP contribution in [0.4, 0.5) is 5.69 Å². The van der Waals surface area contributed by atoms with E-state index in [0.29, 0.717) is 28.8 Å². The fourth-order valence-corrected chi connectivity index (χ4v) is 3.05. The molecule has 29 heavy (non-hydrogen) atoms. The van der Waals surface area contributed by atoms with Gasteiger partial charge in [0.1, 0.15) is 5.82 Å². The van der Waals surface area contributed by atoms with Gasteiger partial charge < -0.3 is 10.3 Å². The van der Waals surface area contributed by atoms with Gasteiger partial charge in [-0.2, -0.15) is 0 Å². The van der Waals surface area contributed by atoms with Gasteiger partial charge in [0.25, 0.3) is 11.5 Å². The minimum atomic E-state index is -0.150. The highest BCUT2D eigenvalue weighted by Gasteiger charge is 2.11. The molecule has 0 unspecified atom stereocenters. The molecule has 1 heterocycles. The third-order valence-electron chi connectivity index (χ3n) is 4.34. The van der Waals surface area contributed by atoms with Gasteiger partial charge in [0.15, 0.2) is 0 Å². The summed E-state index contributed by atoms with van der Waals surface area (Å²) in [7, 11) is 0. The summed E-state index contributed by atoms with van der Waals surface area (Å²) in [5.41, 5.74) is 2.94. The molecule has 0 saturated carbocycles. The predicted molar refractivity (Wildman–Crippen MR) is 116 cm³/mol. The quantitative estimate of drug-likeness (QED) is 0.519. The van der Waals surface area contributed by atoms with Crippen LogP contribution in [0.2, 0.25) is 0 Å². The summed E-state index contributed by atoms with van der Waals surface area (Å²) in [6.45, 7) is 7.89. The van der Waals surface area contributed by atoms with Gasteiger partial charge in [0.05, 0.1) is 17.4 Å². The number of benzene rings is 2. The van der Waals surface area contributed by atoms with Gasteiger partial charge in [0.2, 0.25) is 0 Å². The molecule has 1 amide bonds. The Morgan fingerprint density at radius 3 is 2.59 bits per heavy atom. The molecule has 0 spiro atoms. The Bertz CT molecular complexity index is 1150. The summed E-state index contributed by atoms with van der Waals surface area (Å²) < 4.78 is 0. The number of amides is 1. The summed E-state index contributed by atoms with van der Waals surface area (Å²) in [6.07, 6.45) is 0. The molecule has 6 nitrogen and oxygen atoms in total. The van der Waals surface area contributed by atoms with E-state index < -0.39 is 0 Å². The van der Waals surface area contributed by atoms with Crippen LogP contribution in [0.25, 0.3) is 10.9 Å². The molecule has 3 rings (SSSR count). The lowest BCUT2D eigenvalue weighted by Crippen LogP contribution is -2.30. The number of H-pyrrole nitrogens is 1. The first-order valence-electron chi connectivity index (χ1n) is 9.48. The third-order valence-corrected chi connectivity index (χ3v) is 4.34. The molecule has 0 fully saturated rings. The van der Waals surface area contributed by atoms with Crippen molar-refractivity contribution >= 4 is 22.5 Å². The highest BCUT2D eigenvalue weighted by atomic mass is 16.1. The average molecular weight is 388 g/mol. The van der Waals surface area contributed by atoms with Gasteiger partial charge >= 0.3 is 0 Å². The number of hydrogen-bond donors (Lipinski definition) is 2. The summed E-state index contributed by atoms with van der Waals surface area (Å²) in [4.78, 5) is 33.4. The van der Waals surface area contributed by atoms with Crippen molar-refractivity contribution in [1.29, 1.82) is 0 Å². The van der Waals surface area contributed by atoms with Crippen molar-refractivity contribution in [3.8, 4) is 12.0 Å². The van der Waals surface area contributed by atoms with Crippen molar-refractivity contribution in [2.75, 3.05) is 4.90 Å². The number of fused-ring (bicyclic) bond motifs is 1. The maximum Gasteiger partial charge on any atom is 0.258 e. The normalized spacial score (nSPS) is 10.5. The fourth-order valence-electron chi connectivity index (χ4n) is 3.05. The van der Waals surface area contributed by atoms with E-state index >= 15 is 0 Å². The number of nitrogens with one attached hydrogen (secondary N) is 2. The molecule has 0 radical (unpaired) electrons. The molecule has 2 aromatic carbocycles. The Balaban J connectivity index is 1.87. The van der Waals surface area contributed by atoms with Gasteiger partial charge in [0, 0.05) is 23.3 Å². The Morgan fingerprint density at radius 1 is 1.21 bits per heavy atom. The van der Waals surface area contributed by atoms with E-state index in [-0.39, 0.29) is 17.5 Å². The van der Waals surface area contributed by atoms with E-state index in [1.165, 1.54) is 0 Å². The maximum absolute atomic E-state index is 12.2. The van der Waals surface area contributed by atoms with Crippen LogP contribution in [0.1, 0.15) is 42.5 Å². The molecule has 6 heteroatoms. The van der Waals surface area contributed by atoms with E-state index in [0.717, 1.165) is 11.3 Å². The molecule has 0 bridgehead atoms. The summed E-state index contributed by atoms with van der Waals surface area (Å²) >= 11 is 0. The van der Waals surface area contributed by atoms with Crippen LogP contribution >= 0.6 is 0 Å². The van der Waals surface area contributed by atoms with Gasteiger partial charge in [-0.05, 0) is 69.7 Å². The highest BCUT2D eigenvalue weighted by molar-refractivity contribution is 5.94.